The lowest BCUT2D eigenvalue weighted by molar-refractivity contribution is 0.585. The standard InChI is InChI=1S/C16H18ClN5O2S/c1-3-6-25(24)15-20-13(18)12-14(21-15)22(16(23)19-12)8-10-4-5-11(17)9(2)7-10/h4-5,7H,3,6,8H2,1-2H3,(H,19,23)(H2,18,20,21). The van der Waals surface area contributed by atoms with E-state index in [1.807, 2.05) is 26.0 Å². The summed E-state index contributed by atoms with van der Waals surface area (Å²) in [5.41, 5.74) is 8.11. The number of nitrogens with zero attached hydrogens (tertiary/aromatic N) is 3. The predicted molar refractivity (Wildman–Crippen MR) is 99.4 cm³/mol. The number of aromatic nitrogens is 4. The molecule has 0 saturated carbocycles. The molecule has 0 aliphatic carbocycles. The van der Waals surface area contributed by atoms with E-state index in [4.69, 9.17) is 17.3 Å². The quantitative estimate of drug-likeness (QED) is 0.521. The van der Waals surface area contributed by atoms with Crippen molar-refractivity contribution in [2.75, 3.05) is 11.5 Å². The van der Waals surface area contributed by atoms with Gasteiger partial charge in [0.15, 0.2) is 11.5 Å². The second-order valence-corrected chi connectivity index (χ2v) is 7.61. The maximum Gasteiger partial charge on any atom is 0.346 e. The van der Waals surface area contributed by atoms with E-state index in [1.165, 1.54) is 4.57 Å². The normalized spacial score (nSPS) is 12.6. The molecule has 0 bridgehead atoms. The van der Waals surface area contributed by atoms with Gasteiger partial charge in [-0.25, -0.2) is 4.79 Å². The smallest absolute Gasteiger partial charge is 0.346 e. The van der Waals surface area contributed by atoms with Crippen LogP contribution in [0.5, 0.6) is 0 Å². The largest absolute Gasteiger partial charge is 0.609 e. The van der Waals surface area contributed by atoms with E-state index in [9.17, 15) is 9.35 Å². The highest BCUT2D eigenvalue weighted by molar-refractivity contribution is 7.91. The van der Waals surface area contributed by atoms with E-state index in [0.717, 1.165) is 17.5 Å². The zero-order valence-electron chi connectivity index (χ0n) is 13.9. The summed E-state index contributed by atoms with van der Waals surface area (Å²) in [6.07, 6.45) is 0.734. The molecule has 132 valence electrons. The molecule has 0 spiro atoms. The van der Waals surface area contributed by atoms with Gasteiger partial charge in [0.2, 0.25) is 0 Å². The molecule has 0 radical (unpaired) electrons. The number of hydrogen-bond acceptors (Lipinski definition) is 5. The molecule has 3 N–H and O–H groups in total. The van der Waals surface area contributed by atoms with Crippen molar-refractivity contribution >= 4 is 39.8 Å². The summed E-state index contributed by atoms with van der Waals surface area (Å²) < 4.78 is 13.7. The average molecular weight is 380 g/mol. The topological polar surface area (TPSA) is 113 Å². The minimum absolute atomic E-state index is 0.118. The number of nitrogen functional groups attached to an aromatic ring is 1. The first-order valence-corrected chi connectivity index (χ1v) is 9.49. The Labute approximate surface area is 152 Å². The summed E-state index contributed by atoms with van der Waals surface area (Å²) in [4.78, 5) is 23.4. The number of rotatable bonds is 5. The van der Waals surface area contributed by atoms with Gasteiger partial charge < -0.3 is 15.3 Å². The molecule has 0 amide bonds. The first-order chi connectivity index (χ1) is 11.9. The number of halogens is 1. The Morgan fingerprint density at radius 2 is 2.16 bits per heavy atom. The number of imidazole rings is 1. The molecule has 1 unspecified atom stereocenters. The fraction of sp³-hybridized carbons (Fsp3) is 0.312. The minimum atomic E-state index is -1.35. The highest BCUT2D eigenvalue weighted by atomic mass is 35.5. The molecule has 0 aliphatic heterocycles. The summed E-state index contributed by atoms with van der Waals surface area (Å²) in [7, 11) is 0. The van der Waals surface area contributed by atoms with Gasteiger partial charge >= 0.3 is 10.8 Å². The molecule has 2 aromatic heterocycles. The second kappa shape index (κ2) is 7.07. The summed E-state index contributed by atoms with van der Waals surface area (Å²) in [6.45, 7) is 4.12. The number of aryl methyl sites for hydroxylation is 1. The molecule has 0 fully saturated rings. The maximum atomic E-state index is 12.3. The van der Waals surface area contributed by atoms with Crippen LogP contribution in [0.2, 0.25) is 5.02 Å². The van der Waals surface area contributed by atoms with Gasteiger partial charge in [0.1, 0.15) is 11.3 Å². The van der Waals surface area contributed by atoms with Crippen LogP contribution in [0, 0.1) is 6.92 Å². The van der Waals surface area contributed by atoms with E-state index in [-0.39, 0.29) is 16.7 Å². The second-order valence-electron chi connectivity index (χ2n) is 5.74. The van der Waals surface area contributed by atoms with E-state index in [2.05, 4.69) is 15.0 Å². The van der Waals surface area contributed by atoms with Gasteiger partial charge in [-0.05, 0) is 30.5 Å². The molecular formula is C16H18ClN5O2S. The minimum Gasteiger partial charge on any atom is -0.609 e. The molecule has 0 aliphatic rings. The Hall–Kier alpha value is -2.03. The third-order valence-corrected chi connectivity index (χ3v) is 5.58. The fourth-order valence-corrected chi connectivity index (χ4v) is 3.60. The number of nitrogens with one attached hydrogen (secondary N) is 1. The van der Waals surface area contributed by atoms with E-state index >= 15 is 0 Å². The lowest BCUT2D eigenvalue weighted by Crippen LogP contribution is -2.18. The van der Waals surface area contributed by atoms with E-state index in [0.29, 0.717) is 28.5 Å². The first kappa shape index (κ1) is 17.8. The molecule has 3 aromatic rings. The number of fused-ring (bicyclic) bond motifs is 1. The SMILES string of the molecule is CCC[S+]([O-])c1nc(N)c2[nH]c(=O)n(Cc3ccc(Cl)c(C)c3)c2n1. The molecule has 7 nitrogen and oxygen atoms in total. The van der Waals surface area contributed by atoms with Crippen molar-refractivity contribution in [1.82, 2.24) is 19.5 Å². The number of hydrogen-bond donors (Lipinski definition) is 2. The Morgan fingerprint density at radius 3 is 2.84 bits per heavy atom. The highest BCUT2D eigenvalue weighted by Crippen LogP contribution is 2.20. The van der Waals surface area contributed by atoms with Gasteiger partial charge in [-0.3, -0.25) is 4.57 Å². The van der Waals surface area contributed by atoms with Crippen LogP contribution >= 0.6 is 11.6 Å². The Kier molecular flexibility index (Phi) is 5.03. The van der Waals surface area contributed by atoms with Crippen LogP contribution in [-0.2, 0) is 17.7 Å². The monoisotopic (exact) mass is 379 g/mol. The lowest BCUT2D eigenvalue weighted by Gasteiger charge is -2.09. The van der Waals surface area contributed by atoms with Crippen LogP contribution < -0.4 is 11.4 Å². The molecule has 1 atom stereocenters. The number of aromatic amines is 1. The van der Waals surface area contributed by atoms with Crippen LogP contribution in [0.4, 0.5) is 5.82 Å². The molecule has 9 heteroatoms. The Balaban J connectivity index is 2.09. The Morgan fingerprint density at radius 1 is 1.40 bits per heavy atom. The Bertz CT molecular complexity index is 985. The first-order valence-electron chi connectivity index (χ1n) is 7.80. The third-order valence-electron chi connectivity index (χ3n) is 3.79. The van der Waals surface area contributed by atoms with Gasteiger partial charge in [-0.15, -0.1) is 0 Å². The third kappa shape index (κ3) is 3.51. The van der Waals surface area contributed by atoms with Crippen LogP contribution in [-0.4, -0.2) is 29.8 Å². The van der Waals surface area contributed by atoms with Crippen molar-refractivity contribution in [3.8, 4) is 0 Å². The average Bonchev–Trinajstić information content (AvgIpc) is 2.88. The van der Waals surface area contributed by atoms with Crippen LogP contribution in [0.3, 0.4) is 0 Å². The van der Waals surface area contributed by atoms with Gasteiger partial charge in [-0.2, -0.15) is 9.97 Å². The molecule has 25 heavy (non-hydrogen) atoms. The maximum absolute atomic E-state index is 12.3. The van der Waals surface area contributed by atoms with Gasteiger partial charge in [0.25, 0.3) is 0 Å². The predicted octanol–water partition coefficient (Wildman–Crippen LogP) is 2.23. The molecular weight excluding hydrogens is 362 g/mol. The van der Waals surface area contributed by atoms with Crippen LogP contribution in [0.25, 0.3) is 11.2 Å². The van der Waals surface area contributed by atoms with Crippen molar-refractivity contribution in [2.45, 2.75) is 32.0 Å². The van der Waals surface area contributed by atoms with Gasteiger partial charge in [-0.1, -0.05) is 30.7 Å². The van der Waals surface area contributed by atoms with Crippen LogP contribution in [0.15, 0.2) is 28.2 Å². The molecule has 0 saturated heterocycles. The summed E-state index contributed by atoms with van der Waals surface area (Å²) in [5, 5.41) is 0.811. The van der Waals surface area contributed by atoms with Crippen LogP contribution in [0.1, 0.15) is 24.5 Å². The number of H-pyrrole nitrogens is 1. The zero-order valence-corrected chi connectivity index (χ0v) is 15.4. The van der Waals surface area contributed by atoms with Crippen molar-refractivity contribution in [2.24, 2.45) is 0 Å². The molecule has 3 rings (SSSR count). The number of anilines is 1. The summed E-state index contributed by atoms with van der Waals surface area (Å²) in [6, 6.07) is 5.55. The van der Waals surface area contributed by atoms with Crippen molar-refractivity contribution in [1.29, 1.82) is 0 Å². The molecule has 1 aromatic carbocycles. The zero-order chi connectivity index (χ0) is 18.1. The van der Waals surface area contributed by atoms with Crippen molar-refractivity contribution < 1.29 is 4.55 Å². The van der Waals surface area contributed by atoms with Crippen molar-refractivity contribution in [3.05, 3.63) is 44.8 Å². The fourth-order valence-electron chi connectivity index (χ4n) is 2.54. The van der Waals surface area contributed by atoms with E-state index < -0.39 is 11.2 Å². The summed E-state index contributed by atoms with van der Waals surface area (Å²) >= 11 is 4.70. The summed E-state index contributed by atoms with van der Waals surface area (Å²) in [5.74, 6) is 0.559. The lowest BCUT2D eigenvalue weighted by atomic mass is 10.1. The number of nitrogens with two attached hydrogens (primary N) is 1. The molecule has 2 heterocycles. The van der Waals surface area contributed by atoms with Gasteiger partial charge in [0, 0.05) is 16.2 Å². The highest BCUT2D eigenvalue weighted by Gasteiger charge is 2.20. The van der Waals surface area contributed by atoms with E-state index in [1.54, 1.807) is 6.07 Å². The number of benzene rings is 1. The van der Waals surface area contributed by atoms with Gasteiger partial charge in [0.05, 0.1) is 6.54 Å². The van der Waals surface area contributed by atoms with Crippen molar-refractivity contribution in [3.63, 3.8) is 0 Å².